The zero-order valence-corrected chi connectivity index (χ0v) is 12.5. The number of hydrogen-bond donors (Lipinski definition) is 1. The number of ether oxygens (including phenoxy) is 1. The van der Waals surface area contributed by atoms with Crippen molar-refractivity contribution in [2.75, 3.05) is 0 Å². The van der Waals surface area contributed by atoms with E-state index in [2.05, 4.69) is 15.9 Å². The Morgan fingerprint density at radius 2 is 1.95 bits per heavy atom. The van der Waals surface area contributed by atoms with Gasteiger partial charge in [0.25, 0.3) is 0 Å². The fourth-order valence-corrected chi connectivity index (χ4v) is 2.05. The highest BCUT2D eigenvalue weighted by Crippen LogP contribution is 2.35. The van der Waals surface area contributed by atoms with E-state index in [0.717, 1.165) is 6.07 Å². The summed E-state index contributed by atoms with van der Waals surface area (Å²) in [5.74, 6) is -0.915. The average molecular weight is 356 g/mol. The van der Waals surface area contributed by atoms with Crippen molar-refractivity contribution in [2.24, 2.45) is 0 Å². The first-order valence-corrected chi connectivity index (χ1v) is 6.77. The van der Waals surface area contributed by atoms with Gasteiger partial charge in [-0.15, -0.1) is 0 Å². The maximum Gasteiger partial charge on any atom is 0.312 e. The monoisotopic (exact) mass is 355 g/mol. The van der Waals surface area contributed by atoms with Crippen LogP contribution in [0.2, 0.25) is 0 Å². The molecule has 0 saturated carbocycles. The van der Waals surface area contributed by atoms with E-state index in [1.807, 2.05) is 0 Å². The molecule has 0 radical (unpaired) electrons. The Labute approximate surface area is 128 Å². The van der Waals surface area contributed by atoms with Crippen LogP contribution in [-0.2, 0) is 0 Å². The topological polar surface area (TPSA) is 72.6 Å². The highest BCUT2D eigenvalue weighted by atomic mass is 79.9. The van der Waals surface area contributed by atoms with Gasteiger partial charge in [-0.05, 0) is 36.8 Å². The molecule has 2 aromatic carbocycles. The summed E-state index contributed by atoms with van der Waals surface area (Å²) >= 11 is 3.13. The molecule has 0 saturated heterocycles. The maximum absolute atomic E-state index is 13.9. The number of aliphatic hydroxyl groups excluding tert-OH is 1. The third kappa shape index (κ3) is 3.56. The van der Waals surface area contributed by atoms with Crippen molar-refractivity contribution in [3.05, 3.63) is 62.4 Å². The molecule has 2 aromatic rings. The molecule has 0 heterocycles. The summed E-state index contributed by atoms with van der Waals surface area (Å²) < 4.78 is 19.7. The number of nitro benzene ring substituents is 1. The van der Waals surface area contributed by atoms with Crippen LogP contribution < -0.4 is 4.74 Å². The molecule has 5 nitrogen and oxygen atoms in total. The predicted molar refractivity (Wildman–Crippen MR) is 77.9 cm³/mol. The SMILES string of the molecule is C[C@@H](O)c1ccc(Oc2ccc(Br)cc2[N+](=O)[O-])c(F)c1. The van der Waals surface area contributed by atoms with E-state index in [1.54, 1.807) is 6.07 Å². The lowest BCUT2D eigenvalue weighted by atomic mass is 10.1. The molecule has 1 N–H and O–H groups in total. The normalized spacial score (nSPS) is 12.0. The van der Waals surface area contributed by atoms with Crippen molar-refractivity contribution < 1.29 is 19.2 Å². The van der Waals surface area contributed by atoms with Crippen molar-refractivity contribution in [3.8, 4) is 11.5 Å². The quantitative estimate of drug-likeness (QED) is 0.653. The van der Waals surface area contributed by atoms with E-state index < -0.39 is 16.8 Å². The number of halogens is 2. The zero-order valence-electron chi connectivity index (χ0n) is 10.9. The summed E-state index contributed by atoms with van der Waals surface area (Å²) in [6, 6.07) is 8.16. The summed E-state index contributed by atoms with van der Waals surface area (Å²) in [5, 5.41) is 20.3. The van der Waals surface area contributed by atoms with Crippen molar-refractivity contribution in [1.29, 1.82) is 0 Å². The summed E-state index contributed by atoms with van der Waals surface area (Å²) in [6.45, 7) is 1.51. The minimum atomic E-state index is -0.810. The first-order valence-electron chi connectivity index (χ1n) is 5.98. The van der Waals surface area contributed by atoms with E-state index in [0.29, 0.717) is 10.0 Å². The Morgan fingerprint density at radius 3 is 2.52 bits per heavy atom. The molecule has 0 aliphatic heterocycles. The van der Waals surface area contributed by atoms with Crippen LogP contribution in [0.3, 0.4) is 0 Å². The van der Waals surface area contributed by atoms with Crippen molar-refractivity contribution >= 4 is 21.6 Å². The van der Waals surface area contributed by atoms with E-state index in [4.69, 9.17) is 4.74 Å². The second-order valence-corrected chi connectivity index (χ2v) is 5.25. The molecule has 7 heteroatoms. The van der Waals surface area contributed by atoms with Crippen LogP contribution in [0.4, 0.5) is 10.1 Å². The molecule has 0 aliphatic carbocycles. The van der Waals surface area contributed by atoms with E-state index in [9.17, 15) is 19.6 Å². The summed E-state index contributed by atoms with van der Waals surface area (Å²) in [6.07, 6.45) is -0.810. The van der Waals surface area contributed by atoms with Gasteiger partial charge in [-0.25, -0.2) is 4.39 Å². The van der Waals surface area contributed by atoms with Crippen LogP contribution in [0.25, 0.3) is 0 Å². The molecular weight excluding hydrogens is 345 g/mol. The Hall–Kier alpha value is -1.99. The number of rotatable bonds is 4. The lowest BCUT2D eigenvalue weighted by Crippen LogP contribution is -1.97. The van der Waals surface area contributed by atoms with E-state index in [1.165, 1.54) is 31.2 Å². The molecule has 0 bridgehead atoms. The van der Waals surface area contributed by atoms with Gasteiger partial charge in [0.15, 0.2) is 11.6 Å². The number of benzene rings is 2. The maximum atomic E-state index is 13.9. The average Bonchev–Trinajstić information content (AvgIpc) is 2.42. The number of nitro groups is 1. The predicted octanol–water partition coefficient (Wildman–Crippen LogP) is 4.34. The molecule has 0 amide bonds. The van der Waals surface area contributed by atoms with Gasteiger partial charge < -0.3 is 9.84 Å². The van der Waals surface area contributed by atoms with E-state index >= 15 is 0 Å². The fourth-order valence-electron chi connectivity index (χ4n) is 1.70. The lowest BCUT2D eigenvalue weighted by molar-refractivity contribution is -0.385. The van der Waals surface area contributed by atoms with Crippen molar-refractivity contribution in [2.45, 2.75) is 13.0 Å². The third-order valence-corrected chi connectivity index (χ3v) is 3.27. The molecule has 2 rings (SSSR count). The van der Waals surface area contributed by atoms with Gasteiger partial charge in [0.1, 0.15) is 0 Å². The molecule has 0 spiro atoms. The van der Waals surface area contributed by atoms with Crippen LogP contribution >= 0.6 is 15.9 Å². The van der Waals surface area contributed by atoms with Gasteiger partial charge in [-0.2, -0.15) is 0 Å². The van der Waals surface area contributed by atoms with Gasteiger partial charge in [-0.3, -0.25) is 10.1 Å². The first kappa shape index (κ1) is 15.4. The lowest BCUT2D eigenvalue weighted by Gasteiger charge is -2.10. The van der Waals surface area contributed by atoms with Gasteiger partial charge in [-0.1, -0.05) is 22.0 Å². The molecular formula is C14H11BrFNO4. The Balaban J connectivity index is 2.37. The number of hydrogen-bond acceptors (Lipinski definition) is 4. The minimum Gasteiger partial charge on any atom is -0.447 e. The fraction of sp³-hybridized carbons (Fsp3) is 0.143. The molecule has 1 atom stereocenters. The molecule has 0 fully saturated rings. The van der Waals surface area contributed by atoms with Crippen LogP contribution in [0, 0.1) is 15.9 Å². The third-order valence-electron chi connectivity index (χ3n) is 2.78. The molecule has 0 aliphatic rings. The summed E-state index contributed by atoms with van der Waals surface area (Å²) in [5.41, 5.74) is 0.119. The molecule has 21 heavy (non-hydrogen) atoms. The minimum absolute atomic E-state index is 0.0631. The van der Waals surface area contributed by atoms with Gasteiger partial charge in [0, 0.05) is 10.5 Å². The standard InChI is InChI=1S/C14H11BrFNO4/c1-8(18)9-2-4-13(11(16)6-9)21-14-5-3-10(15)7-12(14)17(19)20/h2-8,18H,1H3/t8-/m1/s1. The van der Waals surface area contributed by atoms with Crippen LogP contribution in [-0.4, -0.2) is 10.0 Å². The number of nitrogens with zero attached hydrogens (tertiary/aromatic N) is 1. The highest BCUT2D eigenvalue weighted by Gasteiger charge is 2.18. The zero-order chi connectivity index (χ0) is 15.6. The second-order valence-electron chi connectivity index (χ2n) is 4.34. The van der Waals surface area contributed by atoms with Crippen LogP contribution in [0.5, 0.6) is 11.5 Å². The molecule has 0 unspecified atom stereocenters. The molecule has 0 aromatic heterocycles. The van der Waals surface area contributed by atoms with Crippen LogP contribution in [0.15, 0.2) is 40.9 Å². The smallest absolute Gasteiger partial charge is 0.312 e. The van der Waals surface area contributed by atoms with Crippen molar-refractivity contribution in [1.82, 2.24) is 0 Å². The largest absolute Gasteiger partial charge is 0.447 e. The first-order chi connectivity index (χ1) is 9.88. The Kier molecular flexibility index (Phi) is 4.54. The van der Waals surface area contributed by atoms with Gasteiger partial charge >= 0.3 is 5.69 Å². The van der Waals surface area contributed by atoms with E-state index in [-0.39, 0.29) is 17.2 Å². The molecule has 110 valence electrons. The second kappa shape index (κ2) is 6.19. The van der Waals surface area contributed by atoms with Crippen molar-refractivity contribution in [3.63, 3.8) is 0 Å². The van der Waals surface area contributed by atoms with Gasteiger partial charge in [0.05, 0.1) is 11.0 Å². The van der Waals surface area contributed by atoms with Gasteiger partial charge in [0.2, 0.25) is 5.75 Å². The summed E-state index contributed by atoms with van der Waals surface area (Å²) in [4.78, 5) is 10.4. The Morgan fingerprint density at radius 1 is 1.29 bits per heavy atom. The Bertz CT molecular complexity index is 691. The highest BCUT2D eigenvalue weighted by molar-refractivity contribution is 9.10. The van der Waals surface area contributed by atoms with Crippen LogP contribution in [0.1, 0.15) is 18.6 Å². The summed E-state index contributed by atoms with van der Waals surface area (Å²) in [7, 11) is 0. The number of aliphatic hydroxyl groups is 1.